The molecular formula is C11H18N2O2. The molecular weight excluding hydrogens is 192 g/mol. The first-order valence-corrected chi connectivity index (χ1v) is 5.48. The molecule has 1 aromatic heterocycles. The lowest BCUT2D eigenvalue weighted by molar-refractivity contribution is 0.0104. The van der Waals surface area contributed by atoms with Gasteiger partial charge in [0.05, 0.1) is 12.3 Å². The Balaban J connectivity index is 2.17. The number of nitrogens with zero attached hydrogens (tertiary/aromatic N) is 1. The molecule has 0 aliphatic carbocycles. The topological polar surface area (TPSA) is 47.3 Å². The summed E-state index contributed by atoms with van der Waals surface area (Å²) in [6.07, 6.45) is -0.0232. The third-order valence-electron chi connectivity index (χ3n) is 2.60. The van der Waals surface area contributed by atoms with Crippen LogP contribution in [0.15, 0.2) is 4.42 Å². The first-order chi connectivity index (χ1) is 7.18. The molecule has 1 unspecified atom stereocenters. The molecule has 0 radical (unpaired) electrons. The Bertz CT molecular complexity index is 327. The second kappa shape index (κ2) is 4.33. The van der Waals surface area contributed by atoms with Crippen molar-refractivity contribution in [1.29, 1.82) is 0 Å². The average Bonchev–Trinajstić information content (AvgIpc) is 2.62. The van der Waals surface area contributed by atoms with Crippen LogP contribution >= 0.6 is 0 Å². The standard InChI is InChI=1S/C11H18N2O2/c1-7(2)10-8(3)15-11(13-10)9-6-12-4-5-14-9/h7,9,12H,4-6H2,1-3H3. The van der Waals surface area contributed by atoms with Gasteiger partial charge in [0, 0.05) is 13.1 Å². The lowest BCUT2D eigenvalue weighted by Crippen LogP contribution is -2.33. The molecule has 1 aromatic rings. The van der Waals surface area contributed by atoms with E-state index in [-0.39, 0.29) is 6.10 Å². The van der Waals surface area contributed by atoms with Crippen LogP contribution in [0.25, 0.3) is 0 Å². The van der Waals surface area contributed by atoms with E-state index < -0.39 is 0 Å². The quantitative estimate of drug-likeness (QED) is 0.808. The third-order valence-corrected chi connectivity index (χ3v) is 2.60. The molecule has 1 atom stereocenters. The van der Waals surface area contributed by atoms with Crippen LogP contribution in [0.5, 0.6) is 0 Å². The minimum absolute atomic E-state index is 0.0232. The molecule has 2 rings (SSSR count). The summed E-state index contributed by atoms with van der Waals surface area (Å²) in [5.41, 5.74) is 1.04. The average molecular weight is 210 g/mol. The molecule has 4 nitrogen and oxygen atoms in total. The summed E-state index contributed by atoms with van der Waals surface area (Å²) in [5.74, 6) is 2.02. The van der Waals surface area contributed by atoms with Crippen molar-refractivity contribution >= 4 is 0 Å². The maximum absolute atomic E-state index is 5.64. The smallest absolute Gasteiger partial charge is 0.225 e. The molecule has 1 fully saturated rings. The first kappa shape index (κ1) is 10.6. The molecule has 0 bridgehead atoms. The molecule has 1 saturated heterocycles. The van der Waals surface area contributed by atoms with Gasteiger partial charge in [0.25, 0.3) is 0 Å². The third kappa shape index (κ3) is 2.21. The SMILES string of the molecule is Cc1oc(C2CNCCO2)nc1C(C)C. The molecule has 4 heteroatoms. The minimum atomic E-state index is -0.0232. The Hall–Kier alpha value is -0.870. The fourth-order valence-corrected chi connectivity index (χ4v) is 1.83. The van der Waals surface area contributed by atoms with Gasteiger partial charge in [-0.15, -0.1) is 0 Å². The second-order valence-electron chi connectivity index (χ2n) is 4.21. The van der Waals surface area contributed by atoms with Gasteiger partial charge in [-0.2, -0.15) is 0 Å². The van der Waals surface area contributed by atoms with Gasteiger partial charge in [0.15, 0.2) is 0 Å². The monoisotopic (exact) mass is 210 g/mol. The zero-order valence-corrected chi connectivity index (χ0v) is 9.54. The highest BCUT2D eigenvalue weighted by Crippen LogP contribution is 2.24. The van der Waals surface area contributed by atoms with Crippen molar-refractivity contribution in [3.63, 3.8) is 0 Å². The van der Waals surface area contributed by atoms with Crippen LogP contribution in [-0.2, 0) is 4.74 Å². The van der Waals surface area contributed by atoms with E-state index in [1.54, 1.807) is 0 Å². The number of ether oxygens (including phenoxy) is 1. The van der Waals surface area contributed by atoms with E-state index in [0.29, 0.717) is 11.8 Å². The summed E-state index contributed by atoms with van der Waals surface area (Å²) in [7, 11) is 0. The normalized spacial score (nSPS) is 22.3. The summed E-state index contributed by atoms with van der Waals surface area (Å²) < 4.78 is 11.2. The van der Waals surface area contributed by atoms with Gasteiger partial charge in [0.1, 0.15) is 11.9 Å². The molecule has 0 spiro atoms. The number of aromatic nitrogens is 1. The predicted molar refractivity (Wildman–Crippen MR) is 56.9 cm³/mol. The molecule has 0 amide bonds. The van der Waals surface area contributed by atoms with E-state index in [2.05, 4.69) is 24.1 Å². The summed E-state index contributed by atoms with van der Waals surface area (Å²) in [5, 5.41) is 3.27. The summed E-state index contributed by atoms with van der Waals surface area (Å²) in [4.78, 5) is 4.50. The number of hydrogen-bond donors (Lipinski definition) is 1. The van der Waals surface area contributed by atoms with Crippen LogP contribution in [0, 0.1) is 6.92 Å². The maximum Gasteiger partial charge on any atom is 0.225 e. The van der Waals surface area contributed by atoms with Crippen LogP contribution in [0.4, 0.5) is 0 Å². The van der Waals surface area contributed by atoms with E-state index in [9.17, 15) is 0 Å². The van der Waals surface area contributed by atoms with Crippen molar-refractivity contribution in [2.75, 3.05) is 19.7 Å². The van der Waals surface area contributed by atoms with Crippen LogP contribution in [0.2, 0.25) is 0 Å². The van der Waals surface area contributed by atoms with Crippen molar-refractivity contribution < 1.29 is 9.15 Å². The molecule has 1 aliphatic heterocycles. The van der Waals surface area contributed by atoms with Crippen molar-refractivity contribution in [2.24, 2.45) is 0 Å². The number of oxazole rings is 1. The van der Waals surface area contributed by atoms with Gasteiger partial charge in [-0.25, -0.2) is 4.98 Å². The molecule has 1 aliphatic rings. The minimum Gasteiger partial charge on any atom is -0.443 e. The lowest BCUT2D eigenvalue weighted by atomic mass is 10.1. The van der Waals surface area contributed by atoms with Crippen molar-refractivity contribution in [1.82, 2.24) is 10.3 Å². The van der Waals surface area contributed by atoms with Crippen molar-refractivity contribution in [3.8, 4) is 0 Å². The fourth-order valence-electron chi connectivity index (χ4n) is 1.83. The molecule has 84 valence electrons. The second-order valence-corrected chi connectivity index (χ2v) is 4.21. The first-order valence-electron chi connectivity index (χ1n) is 5.48. The number of rotatable bonds is 2. The molecule has 0 aromatic carbocycles. The van der Waals surface area contributed by atoms with E-state index >= 15 is 0 Å². The van der Waals surface area contributed by atoms with Crippen LogP contribution in [0.1, 0.15) is 43.2 Å². The fraction of sp³-hybridized carbons (Fsp3) is 0.727. The zero-order valence-electron chi connectivity index (χ0n) is 9.54. The van der Waals surface area contributed by atoms with Gasteiger partial charge >= 0.3 is 0 Å². The number of morpholine rings is 1. The van der Waals surface area contributed by atoms with Gasteiger partial charge in [-0.1, -0.05) is 13.8 Å². The van der Waals surface area contributed by atoms with E-state index in [0.717, 1.165) is 31.2 Å². The number of nitrogens with one attached hydrogen (secondary N) is 1. The Labute approximate surface area is 90.0 Å². The lowest BCUT2D eigenvalue weighted by Gasteiger charge is -2.20. The highest BCUT2D eigenvalue weighted by Gasteiger charge is 2.23. The van der Waals surface area contributed by atoms with Gasteiger partial charge < -0.3 is 14.5 Å². The molecule has 15 heavy (non-hydrogen) atoms. The van der Waals surface area contributed by atoms with Gasteiger partial charge in [-0.3, -0.25) is 0 Å². The Morgan fingerprint density at radius 1 is 1.47 bits per heavy atom. The number of hydrogen-bond acceptors (Lipinski definition) is 4. The van der Waals surface area contributed by atoms with Gasteiger partial charge in [0.2, 0.25) is 5.89 Å². The van der Waals surface area contributed by atoms with Crippen LogP contribution in [-0.4, -0.2) is 24.7 Å². The van der Waals surface area contributed by atoms with Crippen molar-refractivity contribution in [3.05, 3.63) is 17.3 Å². The van der Waals surface area contributed by atoms with E-state index in [4.69, 9.17) is 9.15 Å². The van der Waals surface area contributed by atoms with E-state index in [1.807, 2.05) is 6.92 Å². The highest BCUT2D eigenvalue weighted by atomic mass is 16.5. The Kier molecular flexibility index (Phi) is 3.07. The molecule has 0 saturated carbocycles. The summed E-state index contributed by atoms with van der Waals surface area (Å²) in [6, 6.07) is 0. The summed E-state index contributed by atoms with van der Waals surface area (Å²) >= 11 is 0. The Morgan fingerprint density at radius 3 is 2.80 bits per heavy atom. The van der Waals surface area contributed by atoms with E-state index in [1.165, 1.54) is 0 Å². The molecule has 1 N–H and O–H groups in total. The number of aryl methyl sites for hydroxylation is 1. The molecule has 2 heterocycles. The van der Waals surface area contributed by atoms with Gasteiger partial charge in [-0.05, 0) is 12.8 Å². The summed E-state index contributed by atoms with van der Waals surface area (Å²) in [6.45, 7) is 8.62. The largest absolute Gasteiger partial charge is 0.443 e. The highest BCUT2D eigenvalue weighted by molar-refractivity contribution is 5.13. The zero-order chi connectivity index (χ0) is 10.8. The van der Waals surface area contributed by atoms with Crippen LogP contribution in [0.3, 0.4) is 0 Å². The van der Waals surface area contributed by atoms with Crippen LogP contribution < -0.4 is 5.32 Å². The van der Waals surface area contributed by atoms with Crippen molar-refractivity contribution in [2.45, 2.75) is 32.8 Å². The Morgan fingerprint density at radius 2 is 2.27 bits per heavy atom. The maximum atomic E-state index is 5.64. The predicted octanol–water partition coefficient (Wildman–Crippen LogP) is 1.77.